The summed E-state index contributed by atoms with van der Waals surface area (Å²) in [4.78, 5) is 24.7. The monoisotopic (exact) mass is 424 g/mol. The Kier molecular flexibility index (Phi) is 5.65. The molecule has 27 heavy (non-hydrogen) atoms. The third kappa shape index (κ3) is 4.80. The Morgan fingerprint density at radius 2 is 2.11 bits per heavy atom. The van der Waals surface area contributed by atoms with Crippen LogP contribution in [0.15, 0.2) is 9.72 Å². The first-order valence-corrected chi connectivity index (χ1v) is 11.6. The van der Waals surface area contributed by atoms with Crippen LogP contribution in [0.5, 0.6) is 0 Å². The number of nitrogens with one attached hydrogen (secondary N) is 2. The van der Waals surface area contributed by atoms with E-state index < -0.39 is 0 Å². The number of rotatable bonds is 9. The highest BCUT2D eigenvalue weighted by atomic mass is 32.2. The predicted octanol–water partition coefficient (Wildman–Crippen LogP) is 3.96. The molecule has 2 aliphatic rings. The molecule has 0 bridgehead atoms. The van der Waals surface area contributed by atoms with E-state index in [2.05, 4.69) is 20.8 Å². The molecule has 4 rings (SSSR count). The van der Waals surface area contributed by atoms with Crippen molar-refractivity contribution in [2.45, 2.75) is 48.9 Å². The summed E-state index contributed by atoms with van der Waals surface area (Å²) >= 11 is 4.20. The van der Waals surface area contributed by atoms with Crippen molar-refractivity contribution in [2.75, 3.05) is 23.0 Å². The van der Waals surface area contributed by atoms with Crippen LogP contribution in [0.2, 0.25) is 0 Å². The number of thiophene rings is 1. The lowest BCUT2D eigenvalue weighted by molar-refractivity contribution is -0.113. The zero-order valence-electron chi connectivity index (χ0n) is 14.8. The lowest BCUT2D eigenvalue weighted by Gasteiger charge is -2.07. The number of carbonyl (C=O) groups is 2. The van der Waals surface area contributed by atoms with Gasteiger partial charge in [0.25, 0.3) is 0 Å². The molecule has 144 valence electrons. The average Bonchev–Trinajstić information content (AvgIpc) is 3.56. The van der Waals surface area contributed by atoms with Crippen LogP contribution in [0.1, 0.15) is 54.4 Å². The maximum Gasteiger partial charge on any atom is 0.341 e. The highest BCUT2D eigenvalue weighted by molar-refractivity contribution is 8.01. The molecule has 0 unspecified atom stereocenters. The first-order chi connectivity index (χ1) is 13.1. The molecular formula is C17H20N4O3S3. The molecule has 2 aromatic heterocycles. The normalized spacial score (nSPS) is 16.2. The minimum atomic E-state index is -0.358. The van der Waals surface area contributed by atoms with Crippen molar-refractivity contribution in [3.8, 4) is 0 Å². The summed E-state index contributed by atoms with van der Waals surface area (Å²) in [6, 6.07) is 0.528. The van der Waals surface area contributed by atoms with Gasteiger partial charge in [0.05, 0.1) is 17.9 Å². The Bertz CT molecular complexity index is 842. The third-order valence-corrected chi connectivity index (χ3v) is 7.11. The summed E-state index contributed by atoms with van der Waals surface area (Å²) in [7, 11) is 0. The molecule has 2 fully saturated rings. The van der Waals surface area contributed by atoms with Gasteiger partial charge in [0.1, 0.15) is 5.00 Å². The van der Waals surface area contributed by atoms with Crippen LogP contribution in [-0.2, 0) is 9.53 Å². The lowest BCUT2D eigenvalue weighted by atomic mass is 10.1. The topological polar surface area (TPSA) is 93.2 Å². The molecule has 2 aliphatic carbocycles. The minimum absolute atomic E-state index is 0.165. The number of thioether (sulfide) groups is 1. The Morgan fingerprint density at radius 1 is 1.30 bits per heavy atom. The van der Waals surface area contributed by atoms with Crippen molar-refractivity contribution in [3.63, 3.8) is 0 Å². The second-order valence-electron chi connectivity index (χ2n) is 6.52. The first-order valence-electron chi connectivity index (χ1n) is 8.95. The van der Waals surface area contributed by atoms with Gasteiger partial charge < -0.3 is 15.4 Å². The Balaban J connectivity index is 1.36. The fourth-order valence-electron chi connectivity index (χ4n) is 2.59. The lowest BCUT2D eigenvalue weighted by Crippen LogP contribution is -2.16. The van der Waals surface area contributed by atoms with E-state index >= 15 is 0 Å². The standard InChI is InChI=1S/C17H20N4O3S3/c1-2-24-15(23)13-11(9-3-4-9)7-25-14(13)19-12(22)8-26-17-21-20-16(27-17)18-10-5-6-10/h7,9-10H,2-6,8H2,1H3,(H,18,20)(H,19,22). The molecule has 0 atom stereocenters. The quantitative estimate of drug-likeness (QED) is 0.465. The van der Waals surface area contributed by atoms with Crippen LogP contribution in [0.25, 0.3) is 0 Å². The molecule has 10 heteroatoms. The number of aromatic nitrogens is 2. The molecular weight excluding hydrogens is 404 g/mol. The fourth-order valence-corrected chi connectivity index (χ4v) is 5.27. The molecule has 0 aromatic carbocycles. The summed E-state index contributed by atoms with van der Waals surface area (Å²) in [5, 5.41) is 17.7. The fraction of sp³-hybridized carbons (Fsp3) is 0.529. The zero-order valence-corrected chi connectivity index (χ0v) is 17.3. The summed E-state index contributed by atoms with van der Waals surface area (Å²) in [5.74, 6) is 0.112. The van der Waals surface area contributed by atoms with Gasteiger partial charge in [0.15, 0.2) is 4.34 Å². The van der Waals surface area contributed by atoms with Crippen molar-refractivity contribution < 1.29 is 14.3 Å². The number of amides is 1. The largest absolute Gasteiger partial charge is 0.462 e. The van der Waals surface area contributed by atoms with E-state index in [0.29, 0.717) is 29.1 Å². The predicted molar refractivity (Wildman–Crippen MR) is 108 cm³/mol. The average molecular weight is 425 g/mol. The highest BCUT2D eigenvalue weighted by Crippen LogP contribution is 2.46. The van der Waals surface area contributed by atoms with E-state index in [9.17, 15) is 9.59 Å². The summed E-state index contributed by atoms with van der Waals surface area (Å²) in [5.41, 5.74) is 1.52. The molecule has 0 spiro atoms. The molecule has 2 heterocycles. The van der Waals surface area contributed by atoms with Gasteiger partial charge in [-0.15, -0.1) is 21.5 Å². The van der Waals surface area contributed by atoms with Crippen LogP contribution in [0.4, 0.5) is 10.1 Å². The Labute approximate surface area is 169 Å². The number of ether oxygens (including phenoxy) is 1. The molecule has 1 amide bonds. The van der Waals surface area contributed by atoms with Crippen molar-refractivity contribution in [2.24, 2.45) is 0 Å². The Morgan fingerprint density at radius 3 is 2.81 bits per heavy atom. The number of esters is 1. The first kappa shape index (κ1) is 18.7. The van der Waals surface area contributed by atoms with E-state index in [1.54, 1.807) is 6.92 Å². The number of hydrogen-bond acceptors (Lipinski definition) is 9. The highest BCUT2D eigenvalue weighted by Gasteiger charge is 2.32. The van der Waals surface area contributed by atoms with Gasteiger partial charge in [-0.3, -0.25) is 4.79 Å². The van der Waals surface area contributed by atoms with Crippen molar-refractivity contribution in [3.05, 3.63) is 16.5 Å². The number of nitrogens with zero attached hydrogens (tertiary/aromatic N) is 2. The van der Waals surface area contributed by atoms with Crippen LogP contribution in [0, 0.1) is 0 Å². The van der Waals surface area contributed by atoms with Gasteiger partial charge in [-0.05, 0) is 49.5 Å². The molecule has 2 saturated carbocycles. The van der Waals surface area contributed by atoms with Crippen molar-refractivity contribution in [1.82, 2.24) is 10.2 Å². The molecule has 0 aliphatic heterocycles. The van der Waals surface area contributed by atoms with Gasteiger partial charge in [-0.2, -0.15) is 0 Å². The number of carbonyl (C=O) groups excluding carboxylic acids is 2. The molecule has 0 saturated heterocycles. The third-order valence-electron chi connectivity index (χ3n) is 4.21. The van der Waals surface area contributed by atoms with Crippen LogP contribution < -0.4 is 10.6 Å². The van der Waals surface area contributed by atoms with Crippen LogP contribution >= 0.6 is 34.4 Å². The van der Waals surface area contributed by atoms with Crippen molar-refractivity contribution in [1.29, 1.82) is 0 Å². The van der Waals surface area contributed by atoms with E-state index in [-0.39, 0.29) is 17.6 Å². The van der Waals surface area contributed by atoms with E-state index in [0.717, 1.165) is 27.9 Å². The smallest absolute Gasteiger partial charge is 0.341 e. The number of anilines is 2. The molecule has 2 N–H and O–H groups in total. The van der Waals surface area contributed by atoms with Gasteiger partial charge in [-0.25, -0.2) is 4.79 Å². The van der Waals surface area contributed by atoms with Crippen LogP contribution in [-0.4, -0.2) is 40.5 Å². The maximum atomic E-state index is 12.4. The molecule has 7 nitrogen and oxygen atoms in total. The number of hydrogen-bond donors (Lipinski definition) is 2. The van der Waals surface area contributed by atoms with E-state index in [4.69, 9.17) is 4.74 Å². The van der Waals surface area contributed by atoms with Gasteiger partial charge in [-0.1, -0.05) is 23.1 Å². The van der Waals surface area contributed by atoms with Crippen LogP contribution in [0.3, 0.4) is 0 Å². The summed E-state index contributed by atoms with van der Waals surface area (Å²) in [6.45, 7) is 2.10. The molecule has 0 radical (unpaired) electrons. The minimum Gasteiger partial charge on any atom is -0.462 e. The Hall–Kier alpha value is -1.65. The van der Waals surface area contributed by atoms with Gasteiger partial charge >= 0.3 is 5.97 Å². The van der Waals surface area contributed by atoms with Gasteiger partial charge in [0, 0.05) is 6.04 Å². The molecule has 2 aromatic rings. The summed E-state index contributed by atoms with van der Waals surface area (Å²) in [6.07, 6.45) is 4.52. The van der Waals surface area contributed by atoms with Crippen molar-refractivity contribution >= 4 is 56.4 Å². The zero-order chi connectivity index (χ0) is 18.8. The summed E-state index contributed by atoms with van der Waals surface area (Å²) < 4.78 is 5.94. The second-order valence-corrected chi connectivity index (χ2v) is 9.60. The second kappa shape index (κ2) is 8.15. The van der Waals surface area contributed by atoms with E-state index in [1.807, 2.05) is 5.38 Å². The van der Waals surface area contributed by atoms with Gasteiger partial charge in [0.2, 0.25) is 11.0 Å². The SMILES string of the molecule is CCOC(=O)c1c(C2CC2)csc1NC(=O)CSc1nnc(NC2CC2)s1. The maximum absolute atomic E-state index is 12.4. The van der Waals surface area contributed by atoms with E-state index in [1.165, 1.54) is 47.3 Å².